The lowest BCUT2D eigenvalue weighted by Crippen LogP contribution is -2.33. The summed E-state index contributed by atoms with van der Waals surface area (Å²) in [6, 6.07) is 7.05. The molecule has 25 heavy (non-hydrogen) atoms. The molecule has 0 unspecified atom stereocenters. The highest BCUT2D eigenvalue weighted by atomic mass is 35.5. The fourth-order valence-corrected chi connectivity index (χ4v) is 2.55. The minimum Gasteiger partial charge on any atom is -0.505 e. The van der Waals surface area contributed by atoms with E-state index >= 15 is 0 Å². The molecule has 0 aliphatic rings. The molecule has 1 aromatic heterocycles. The molecule has 0 atom stereocenters. The Balaban J connectivity index is 2.68. The first-order valence-electron chi connectivity index (χ1n) is 7.92. The van der Waals surface area contributed by atoms with E-state index in [1.165, 1.54) is 0 Å². The minimum atomic E-state index is -0.870. The van der Waals surface area contributed by atoms with Crippen LogP contribution in [-0.2, 0) is 16.7 Å². The lowest BCUT2D eigenvalue weighted by Gasteiger charge is -2.21. The normalized spacial score (nSPS) is 11.4. The summed E-state index contributed by atoms with van der Waals surface area (Å²) in [6.07, 6.45) is 0. The highest BCUT2D eigenvalue weighted by molar-refractivity contribution is 6.31. The van der Waals surface area contributed by atoms with Crippen LogP contribution < -0.4 is 5.56 Å². The van der Waals surface area contributed by atoms with Crippen LogP contribution in [0.5, 0.6) is 5.75 Å². The molecule has 0 radical (unpaired) electrons. The Morgan fingerprint density at radius 2 is 1.96 bits per heavy atom. The molecule has 0 bridgehead atoms. The van der Waals surface area contributed by atoms with Gasteiger partial charge in [0.2, 0.25) is 0 Å². The van der Waals surface area contributed by atoms with Crippen molar-refractivity contribution >= 4 is 17.6 Å². The van der Waals surface area contributed by atoms with E-state index < -0.39 is 28.3 Å². The second-order valence-electron chi connectivity index (χ2n) is 6.60. The quantitative estimate of drug-likeness (QED) is 0.843. The van der Waals surface area contributed by atoms with Crippen LogP contribution >= 0.6 is 11.6 Å². The number of carbonyl (C=O) groups excluding carboxylic acids is 1. The Labute approximate surface area is 151 Å². The van der Waals surface area contributed by atoms with Crippen LogP contribution in [0.3, 0.4) is 0 Å². The molecule has 1 aromatic carbocycles. The number of benzene rings is 1. The number of nitrogens with zero attached hydrogens (tertiary/aromatic N) is 2. The largest absolute Gasteiger partial charge is 0.505 e. The van der Waals surface area contributed by atoms with Crippen LogP contribution in [0.25, 0.3) is 0 Å². The highest BCUT2D eigenvalue weighted by Crippen LogP contribution is 2.30. The monoisotopic (exact) mass is 364 g/mol. The smallest absolute Gasteiger partial charge is 0.347 e. The molecule has 2 rings (SSSR count). The Bertz CT molecular complexity index is 853. The Hall–Kier alpha value is -2.34. The molecule has 1 heterocycles. The molecule has 0 aliphatic carbocycles. The topological polar surface area (TPSA) is 81.4 Å². The van der Waals surface area contributed by atoms with Gasteiger partial charge in [0, 0.05) is 10.4 Å². The molecule has 0 fully saturated rings. The summed E-state index contributed by atoms with van der Waals surface area (Å²) in [4.78, 5) is 24.9. The molecular formula is C18H21ClN2O4. The summed E-state index contributed by atoms with van der Waals surface area (Å²) in [5.74, 6) is -1.31. The van der Waals surface area contributed by atoms with Gasteiger partial charge in [-0.15, -0.1) is 0 Å². The molecule has 0 amide bonds. The van der Waals surface area contributed by atoms with Gasteiger partial charge >= 0.3 is 5.97 Å². The van der Waals surface area contributed by atoms with Gasteiger partial charge < -0.3 is 9.84 Å². The number of halogens is 1. The number of hydrogen-bond acceptors (Lipinski definition) is 5. The number of carbonyl (C=O) groups is 1. The van der Waals surface area contributed by atoms with E-state index in [0.29, 0.717) is 10.6 Å². The van der Waals surface area contributed by atoms with E-state index in [-0.39, 0.29) is 18.8 Å². The van der Waals surface area contributed by atoms with E-state index in [2.05, 4.69) is 5.10 Å². The van der Waals surface area contributed by atoms with Crippen LogP contribution in [0.15, 0.2) is 29.1 Å². The summed E-state index contributed by atoms with van der Waals surface area (Å²) >= 11 is 6.16. The number of esters is 1. The summed E-state index contributed by atoms with van der Waals surface area (Å²) in [5, 5.41) is 15.2. The second-order valence-corrected chi connectivity index (χ2v) is 7.00. The predicted molar refractivity (Wildman–Crippen MR) is 95.4 cm³/mol. The van der Waals surface area contributed by atoms with Gasteiger partial charge in [-0.2, -0.15) is 5.10 Å². The van der Waals surface area contributed by atoms with Gasteiger partial charge in [0.15, 0.2) is 11.3 Å². The molecule has 134 valence electrons. The summed E-state index contributed by atoms with van der Waals surface area (Å²) < 4.78 is 6.05. The highest BCUT2D eigenvalue weighted by Gasteiger charge is 2.29. The number of aromatic nitrogens is 2. The van der Waals surface area contributed by atoms with Crippen LogP contribution in [-0.4, -0.2) is 27.5 Å². The van der Waals surface area contributed by atoms with Crippen molar-refractivity contribution in [3.63, 3.8) is 0 Å². The van der Waals surface area contributed by atoms with Crippen LogP contribution in [0.4, 0.5) is 0 Å². The van der Waals surface area contributed by atoms with E-state index in [9.17, 15) is 14.7 Å². The van der Waals surface area contributed by atoms with Gasteiger partial charge in [-0.1, -0.05) is 50.6 Å². The van der Waals surface area contributed by atoms with Crippen molar-refractivity contribution in [3.8, 4) is 5.75 Å². The third-order valence-electron chi connectivity index (χ3n) is 3.60. The van der Waals surface area contributed by atoms with E-state index in [1.807, 2.05) is 20.8 Å². The van der Waals surface area contributed by atoms with E-state index in [0.717, 1.165) is 4.68 Å². The van der Waals surface area contributed by atoms with Crippen molar-refractivity contribution in [2.45, 2.75) is 39.7 Å². The Morgan fingerprint density at radius 1 is 1.32 bits per heavy atom. The maximum absolute atomic E-state index is 12.7. The Kier molecular flexibility index (Phi) is 5.52. The lowest BCUT2D eigenvalue weighted by molar-refractivity contribution is 0.0519. The van der Waals surface area contributed by atoms with Crippen LogP contribution in [0.2, 0.25) is 5.02 Å². The lowest BCUT2D eigenvalue weighted by atomic mass is 9.90. The standard InChI is InChI=1S/C18H21ClN2O4/c1-5-25-17(24)13-14(22)15(18(2,3)4)20-21(16(13)23)10-11-8-6-7-9-12(11)19/h6-9,22H,5,10H2,1-4H3. The Morgan fingerprint density at radius 3 is 2.52 bits per heavy atom. The molecule has 1 N–H and O–H groups in total. The maximum atomic E-state index is 12.7. The van der Waals surface area contributed by atoms with Crippen molar-refractivity contribution in [1.82, 2.24) is 9.78 Å². The van der Waals surface area contributed by atoms with Crippen molar-refractivity contribution in [2.24, 2.45) is 0 Å². The number of ether oxygens (including phenoxy) is 1. The van der Waals surface area contributed by atoms with Crippen molar-refractivity contribution in [2.75, 3.05) is 6.61 Å². The molecule has 0 aliphatic heterocycles. The van der Waals surface area contributed by atoms with E-state index in [4.69, 9.17) is 16.3 Å². The SMILES string of the molecule is CCOC(=O)c1c(O)c(C(C)(C)C)nn(Cc2ccccc2Cl)c1=O. The van der Waals surface area contributed by atoms with Gasteiger partial charge in [0.05, 0.1) is 13.2 Å². The van der Waals surface area contributed by atoms with E-state index in [1.54, 1.807) is 31.2 Å². The van der Waals surface area contributed by atoms with Crippen molar-refractivity contribution in [3.05, 3.63) is 56.5 Å². The molecular weight excluding hydrogens is 344 g/mol. The zero-order valence-corrected chi connectivity index (χ0v) is 15.4. The fourth-order valence-electron chi connectivity index (χ4n) is 2.35. The van der Waals surface area contributed by atoms with Gasteiger partial charge in [0.25, 0.3) is 5.56 Å². The minimum absolute atomic E-state index is 0.0777. The third-order valence-corrected chi connectivity index (χ3v) is 3.97. The number of rotatable bonds is 4. The first kappa shape index (κ1) is 19.0. The number of hydrogen-bond donors (Lipinski definition) is 1. The van der Waals surface area contributed by atoms with Gasteiger partial charge in [0.1, 0.15) is 5.69 Å². The summed E-state index contributed by atoms with van der Waals surface area (Å²) in [7, 11) is 0. The summed E-state index contributed by atoms with van der Waals surface area (Å²) in [5.41, 5.74) is -0.791. The average molecular weight is 365 g/mol. The van der Waals surface area contributed by atoms with Crippen LogP contribution in [0.1, 0.15) is 49.3 Å². The van der Waals surface area contributed by atoms with Crippen LogP contribution in [0, 0.1) is 0 Å². The molecule has 2 aromatic rings. The van der Waals surface area contributed by atoms with Crippen molar-refractivity contribution < 1.29 is 14.6 Å². The second kappa shape index (κ2) is 7.27. The zero-order chi connectivity index (χ0) is 18.8. The van der Waals surface area contributed by atoms with Gasteiger partial charge in [-0.25, -0.2) is 9.48 Å². The first-order valence-corrected chi connectivity index (χ1v) is 8.29. The third kappa shape index (κ3) is 4.02. The molecule has 6 nitrogen and oxygen atoms in total. The predicted octanol–water partition coefficient (Wildman–Crippen LogP) is 3.12. The molecule has 0 spiro atoms. The molecule has 0 saturated heterocycles. The van der Waals surface area contributed by atoms with Crippen molar-refractivity contribution in [1.29, 1.82) is 0 Å². The first-order chi connectivity index (χ1) is 11.7. The average Bonchev–Trinajstić information content (AvgIpc) is 2.51. The number of aromatic hydroxyl groups is 1. The van der Waals surface area contributed by atoms with Gasteiger partial charge in [-0.05, 0) is 18.6 Å². The summed E-state index contributed by atoms with van der Waals surface area (Å²) in [6.45, 7) is 7.28. The molecule has 0 saturated carbocycles. The molecule has 7 heteroatoms. The zero-order valence-electron chi connectivity index (χ0n) is 14.7. The van der Waals surface area contributed by atoms with Gasteiger partial charge in [-0.3, -0.25) is 4.79 Å². The fraction of sp³-hybridized carbons (Fsp3) is 0.389. The maximum Gasteiger partial charge on any atom is 0.347 e.